The molecule has 9 heteroatoms. The molecule has 0 aliphatic carbocycles. The molecule has 0 heterocycles. The van der Waals surface area contributed by atoms with E-state index in [4.69, 9.17) is 0 Å². The molecule has 0 saturated heterocycles. The zero-order valence-electron chi connectivity index (χ0n) is 15.9. The van der Waals surface area contributed by atoms with Crippen molar-refractivity contribution in [2.75, 3.05) is 5.32 Å². The number of nitro benzene ring substituents is 1. The molecular weight excluding hydrogens is 382 g/mol. The van der Waals surface area contributed by atoms with Crippen molar-refractivity contribution in [1.29, 1.82) is 0 Å². The van der Waals surface area contributed by atoms with E-state index in [1.54, 1.807) is 12.1 Å². The average Bonchev–Trinajstić information content (AvgIpc) is 2.61. The number of sulfonamides is 1. The van der Waals surface area contributed by atoms with E-state index in [0.717, 1.165) is 5.56 Å². The fourth-order valence-corrected chi connectivity index (χ4v) is 3.79. The lowest BCUT2D eigenvalue weighted by Crippen LogP contribution is -2.44. The Kier molecular flexibility index (Phi) is 6.87. The summed E-state index contributed by atoms with van der Waals surface area (Å²) in [5.41, 5.74) is 0.974. The Morgan fingerprint density at radius 2 is 1.79 bits per heavy atom. The molecule has 2 aromatic carbocycles. The molecule has 0 aromatic heterocycles. The molecule has 150 valence electrons. The molecule has 2 rings (SSSR count). The molecule has 1 atom stereocenters. The van der Waals surface area contributed by atoms with E-state index in [2.05, 4.69) is 10.0 Å². The highest BCUT2D eigenvalue weighted by molar-refractivity contribution is 7.89. The van der Waals surface area contributed by atoms with Crippen LogP contribution in [0.25, 0.3) is 0 Å². The van der Waals surface area contributed by atoms with Gasteiger partial charge in [-0.3, -0.25) is 14.9 Å². The third-order valence-electron chi connectivity index (χ3n) is 3.98. The number of hydrogen-bond donors (Lipinski definition) is 2. The Labute approximate surface area is 164 Å². The summed E-state index contributed by atoms with van der Waals surface area (Å²) in [7, 11) is -3.90. The van der Waals surface area contributed by atoms with Crippen LogP contribution in [0.5, 0.6) is 0 Å². The Bertz CT molecular complexity index is 956. The number of nitrogens with zero attached hydrogens (tertiary/aromatic N) is 1. The first-order valence-corrected chi connectivity index (χ1v) is 10.2. The third-order valence-corrected chi connectivity index (χ3v) is 5.46. The van der Waals surface area contributed by atoms with Gasteiger partial charge in [0.2, 0.25) is 15.9 Å². The number of nitro groups is 1. The van der Waals surface area contributed by atoms with Crippen molar-refractivity contribution < 1.29 is 18.1 Å². The molecule has 0 spiro atoms. The van der Waals surface area contributed by atoms with Gasteiger partial charge in [0.05, 0.1) is 9.82 Å². The second-order valence-corrected chi connectivity index (χ2v) is 8.63. The van der Waals surface area contributed by atoms with Gasteiger partial charge in [0.25, 0.3) is 5.69 Å². The number of carbonyl (C=O) groups is 1. The normalized spacial score (nSPS) is 12.6. The lowest BCUT2D eigenvalue weighted by atomic mass is 10.0. The van der Waals surface area contributed by atoms with Crippen LogP contribution in [0.4, 0.5) is 11.4 Å². The zero-order chi connectivity index (χ0) is 20.9. The van der Waals surface area contributed by atoms with Crippen molar-refractivity contribution in [3.05, 3.63) is 64.2 Å². The maximum atomic E-state index is 12.7. The SMILES string of the molecule is Cc1ccc(S(=O)(=O)NC(CC(C)C)C(=O)Nc2cccc([N+](=O)[O-])c2)cc1. The topological polar surface area (TPSA) is 118 Å². The lowest BCUT2D eigenvalue weighted by Gasteiger charge is -2.20. The van der Waals surface area contributed by atoms with Crippen molar-refractivity contribution in [2.24, 2.45) is 5.92 Å². The minimum Gasteiger partial charge on any atom is -0.324 e. The van der Waals surface area contributed by atoms with Crippen LogP contribution in [0.2, 0.25) is 0 Å². The van der Waals surface area contributed by atoms with E-state index in [1.807, 2.05) is 20.8 Å². The van der Waals surface area contributed by atoms with E-state index >= 15 is 0 Å². The first kappa shape index (κ1) is 21.5. The summed E-state index contributed by atoms with van der Waals surface area (Å²) in [5, 5.41) is 13.4. The molecule has 1 amide bonds. The molecular formula is C19H23N3O5S. The summed E-state index contributed by atoms with van der Waals surface area (Å²) in [6.07, 6.45) is 0.270. The van der Waals surface area contributed by atoms with Crippen molar-refractivity contribution >= 4 is 27.3 Å². The van der Waals surface area contributed by atoms with Crippen molar-refractivity contribution in [2.45, 2.75) is 38.1 Å². The largest absolute Gasteiger partial charge is 0.324 e. The van der Waals surface area contributed by atoms with E-state index in [0.29, 0.717) is 0 Å². The molecule has 0 bridgehead atoms. The molecule has 0 fully saturated rings. The van der Waals surface area contributed by atoms with Gasteiger partial charge in [-0.15, -0.1) is 0 Å². The highest BCUT2D eigenvalue weighted by Crippen LogP contribution is 2.19. The van der Waals surface area contributed by atoms with Gasteiger partial charge in [-0.25, -0.2) is 8.42 Å². The molecule has 1 unspecified atom stereocenters. The zero-order valence-corrected chi connectivity index (χ0v) is 16.7. The van der Waals surface area contributed by atoms with Gasteiger partial charge in [-0.2, -0.15) is 4.72 Å². The molecule has 28 heavy (non-hydrogen) atoms. The van der Waals surface area contributed by atoms with Gasteiger partial charge in [0.15, 0.2) is 0 Å². The van der Waals surface area contributed by atoms with Crippen LogP contribution < -0.4 is 10.0 Å². The number of rotatable bonds is 8. The van der Waals surface area contributed by atoms with Crippen LogP contribution in [0.3, 0.4) is 0 Å². The molecule has 2 N–H and O–H groups in total. The Balaban J connectivity index is 2.22. The van der Waals surface area contributed by atoms with E-state index < -0.39 is 26.9 Å². The number of non-ortho nitro benzene ring substituents is 1. The highest BCUT2D eigenvalue weighted by Gasteiger charge is 2.27. The van der Waals surface area contributed by atoms with Gasteiger partial charge in [0.1, 0.15) is 6.04 Å². The predicted molar refractivity (Wildman–Crippen MR) is 106 cm³/mol. The minimum absolute atomic E-state index is 0.0431. The Hall–Kier alpha value is -2.78. The Morgan fingerprint density at radius 3 is 2.36 bits per heavy atom. The number of benzene rings is 2. The number of carbonyl (C=O) groups excluding carboxylic acids is 1. The quantitative estimate of drug-likeness (QED) is 0.516. The van der Waals surface area contributed by atoms with Gasteiger partial charge in [-0.1, -0.05) is 37.6 Å². The first-order chi connectivity index (χ1) is 13.1. The van der Waals surface area contributed by atoms with Crippen LogP contribution in [0, 0.1) is 23.0 Å². The summed E-state index contributed by atoms with van der Waals surface area (Å²) < 4.78 is 27.8. The number of hydrogen-bond acceptors (Lipinski definition) is 5. The smallest absolute Gasteiger partial charge is 0.271 e. The molecule has 0 saturated carbocycles. The monoisotopic (exact) mass is 405 g/mol. The Morgan fingerprint density at radius 1 is 1.14 bits per heavy atom. The summed E-state index contributed by atoms with van der Waals surface area (Å²) in [6, 6.07) is 10.8. The number of nitrogens with one attached hydrogen (secondary N) is 2. The molecule has 0 radical (unpaired) electrons. The molecule has 0 aliphatic rings. The number of anilines is 1. The number of aryl methyl sites for hydroxylation is 1. The maximum absolute atomic E-state index is 12.7. The van der Waals surface area contributed by atoms with Crippen LogP contribution in [0.15, 0.2) is 53.4 Å². The number of amides is 1. The molecule has 2 aromatic rings. The lowest BCUT2D eigenvalue weighted by molar-refractivity contribution is -0.384. The van der Waals surface area contributed by atoms with E-state index in [-0.39, 0.29) is 28.6 Å². The average molecular weight is 405 g/mol. The van der Waals surface area contributed by atoms with Gasteiger partial charge in [-0.05, 0) is 37.5 Å². The standard InChI is InChI=1S/C19H23N3O5S/c1-13(2)11-18(21-28(26,27)17-9-7-14(3)8-10-17)19(23)20-15-5-4-6-16(12-15)22(24)25/h4-10,12-13,18,21H,11H2,1-3H3,(H,20,23). The second kappa shape index (κ2) is 8.94. The molecule has 8 nitrogen and oxygen atoms in total. The summed E-state index contributed by atoms with van der Waals surface area (Å²) >= 11 is 0. The minimum atomic E-state index is -3.90. The third kappa shape index (κ3) is 5.86. The molecule has 0 aliphatic heterocycles. The van der Waals surface area contributed by atoms with Crippen molar-refractivity contribution in [3.63, 3.8) is 0 Å². The fraction of sp³-hybridized carbons (Fsp3) is 0.316. The summed E-state index contributed by atoms with van der Waals surface area (Å²) in [6.45, 7) is 5.58. The van der Waals surface area contributed by atoms with Crippen LogP contribution in [-0.4, -0.2) is 25.3 Å². The van der Waals surface area contributed by atoms with Crippen LogP contribution >= 0.6 is 0 Å². The van der Waals surface area contributed by atoms with Gasteiger partial charge in [0, 0.05) is 17.8 Å². The van der Waals surface area contributed by atoms with Gasteiger partial charge < -0.3 is 5.32 Å². The summed E-state index contributed by atoms with van der Waals surface area (Å²) in [5.74, 6) is -0.536. The van der Waals surface area contributed by atoms with Crippen molar-refractivity contribution in [3.8, 4) is 0 Å². The first-order valence-electron chi connectivity index (χ1n) is 8.73. The van der Waals surface area contributed by atoms with E-state index in [9.17, 15) is 23.3 Å². The van der Waals surface area contributed by atoms with E-state index in [1.165, 1.54) is 36.4 Å². The maximum Gasteiger partial charge on any atom is 0.271 e. The van der Waals surface area contributed by atoms with Crippen LogP contribution in [-0.2, 0) is 14.8 Å². The van der Waals surface area contributed by atoms with Gasteiger partial charge >= 0.3 is 0 Å². The van der Waals surface area contributed by atoms with Crippen molar-refractivity contribution in [1.82, 2.24) is 4.72 Å². The fourth-order valence-electron chi connectivity index (χ4n) is 2.58. The summed E-state index contributed by atoms with van der Waals surface area (Å²) in [4.78, 5) is 23.1. The second-order valence-electron chi connectivity index (χ2n) is 6.91. The predicted octanol–water partition coefficient (Wildman–Crippen LogP) is 3.23. The highest BCUT2D eigenvalue weighted by atomic mass is 32.2. The van der Waals surface area contributed by atoms with Crippen LogP contribution in [0.1, 0.15) is 25.8 Å².